The summed E-state index contributed by atoms with van der Waals surface area (Å²) < 4.78 is 1.14. The molecule has 0 aliphatic rings. The maximum absolute atomic E-state index is 6.14. The Kier molecular flexibility index (Phi) is 3.67. The third kappa shape index (κ3) is 2.66. The molecule has 0 amide bonds. The van der Waals surface area contributed by atoms with Gasteiger partial charge < -0.3 is 0 Å². The van der Waals surface area contributed by atoms with E-state index in [2.05, 4.69) is 15.5 Å². The van der Waals surface area contributed by atoms with E-state index in [1.807, 2.05) is 55.5 Å². The predicted molar refractivity (Wildman–Crippen MR) is 86.9 cm³/mol. The number of aromatic nitrogens is 1. The van der Waals surface area contributed by atoms with Gasteiger partial charge in [-0.1, -0.05) is 53.3 Å². The zero-order valence-corrected chi connectivity index (χ0v) is 12.4. The number of fused-ring (bicyclic) bond motifs is 1. The molecule has 1 N–H and O–H groups in total. The summed E-state index contributed by atoms with van der Waals surface area (Å²) in [6.07, 6.45) is 0. The summed E-state index contributed by atoms with van der Waals surface area (Å²) in [7, 11) is 0. The molecule has 20 heavy (non-hydrogen) atoms. The number of anilines is 1. The highest BCUT2D eigenvalue weighted by molar-refractivity contribution is 7.22. The van der Waals surface area contributed by atoms with Crippen LogP contribution in [0.15, 0.2) is 53.6 Å². The van der Waals surface area contributed by atoms with Crippen LogP contribution in [0.5, 0.6) is 0 Å². The summed E-state index contributed by atoms with van der Waals surface area (Å²) in [4.78, 5) is 4.47. The lowest BCUT2D eigenvalue weighted by molar-refractivity contribution is 1.29. The van der Waals surface area contributed by atoms with Gasteiger partial charge in [0.05, 0.1) is 15.9 Å². The van der Waals surface area contributed by atoms with Crippen LogP contribution in [0, 0.1) is 0 Å². The van der Waals surface area contributed by atoms with Gasteiger partial charge in [-0.15, -0.1) is 0 Å². The fourth-order valence-electron chi connectivity index (χ4n) is 1.87. The van der Waals surface area contributed by atoms with E-state index in [0.29, 0.717) is 5.02 Å². The standard InChI is InChI=1S/C15H12ClN3S/c1-10(11-6-2-3-7-12(11)16)18-19-15-17-13-8-4-5-9-14(13)20-15/h2-9H,1H3,(H,17,19)/b18-10-. The number of hydrogen-bond donors (Lipinski definition) is 1. The second-order valence-corrected chi connectivity index (χ2v) is 5.71. The van der Waals surface area contributed by atoms with Gasteiger partial charge in [-0.2, -0.15) is 5.10 Å². The van der Waals surface area contributed by atoms with Crippen LogP contribution in [0.1, 0.15) is 12.5 Å². The number of para-hydroxylation sites is 1. The van der Waals surface area contributed by atoms with Crippen LogP contribution >= 0.6 is 22.9 Å². The first-order valence-electron chi connectivity index (χ1n) is 6.15. The first-order chi connectivity index (χ1) is 9.74. The van der Waals surface area contributed by atoms with Gasteiger partial charge in [0.15, 0.2) is 0 Å². The predicted octanol–water partition coefficient (Wildman–Crippen LogP) is 4.79. The Morgan fingerprint density at radius 3 is 2.70 bits per heavy atom. The average molecular weight is 302 g/mol. The summed E-state index contributed by atoms with van der Waals surface area (Å²) in [6, 6.07) is 15.7. The number of nitrogens with one attached hydrogen (secondary N) is 1. The van der Waals surface area contributed by atoms with Crippen molar-refractivity contribution in [3.63, 3.8) is 0 Å². The molecule has 0 aliphatic carbocycles. The Balaban J connectivity index is 1.84. The van der Waals surface area contributed by atoms with Crippen LogP contribution in [0.3, 0.4) is 0 Å². The molecule has 0 fully saturated rings. The third-order valence-electron chi connectivity index (χ3n) is 2.88. The van der Waals surface area contributed by atoms with Crippen molar-refractivity contribution >= 4 is 44.0 Å². The van der Waals surface area contributed by atoms with Crippen LogP contribution < -0.4 is 5.43 Å². The molecule has 0 saturated carbocycles. The lowest BCUT2D eigenvalue weighted by atomic mass is 10.1. The summed E-state index contributed by atoms with van der Waals surface area (Å²) in [5.41, 5.74) is 5.72. The molecule has 5 heteroatoms. The Bertz CT molecular complexity index is 746. The van der Waals surface area contributed by atoms with Crippen molar-refractivity contribution < 1.29 is 0 Å². The van der Waals surface area contributed by atoms with Crippen LogP contribution in [0.4, 0.5) is 5.13 Å². The van der Waals surface area contributed by atoms with E-state index < -0.39 is 0 Å². The second-order valence-electron chi connectivity index (χ2n) is 4.28. The molecule has 0 unspecified atom stereocenters. The highest BCUT2D eigenvalue weighted by Crippen LogP contribution is 2.25. The van der Waals surface area contributed by atoms with Gasteiger partial charge in [0.1, 0.15) is 0 Å². The van der Waals surface area contributed by atoms with Crippen molar-refractivity contribution in [2.75, 3.05) is 5.43 Å². The molecular formula is C15H12ClN3S. The minimum Gasteiger partial charge on any atom is -0.252 e. The zero-order chi connectivity index (χ0) is 13.9. The number of benzene rings is 2. The zero-order valence-electron chi connectivity index (χ0n) is 10.8. The van der Waals surface area contributed by atoms with Gasteiger partial charge in [0, 0.05) is 10.6 Å². The smallest absolute Gasteiger partial charge is 0.204 e. The lowest BCUT2D eigenvalue weighted by Gasteiger charge is -2.03. The molecule has 3 nitrogen and oxygen atoms in total. The van der Waals surface area contributed by atoms with Crippen LogP contribution in [-0.2, 0) is 0 Å². The summed E-state index contributed by atoms with van der Waals surface area (Å²) in [5, 5.41) is 5.82. The van der Waals surface area contributed by atoms with E-state index in [0.717, 1.165) is 26.6 Å². The maximum Gasteiger partial charge on any atom is 0.204 e. The molecule has 3 aromatic rings. The third-order valence-corrected chi connectivity index (χ3v) is 4.15. The Morgan fingerprint density at radius 1 is 1.15 bits per heavy atom. The van der Waals surface area contributed by atoms with E-state index in [9.17, 15) is 0 Å². The van der Waals surface area contributed by atoms with Gasteiger partial charge in [0.2, 0.25) is 5.13 Å². The number of rotatable bonds is 3. The summed E-state index contributed by atoms with van der Waals surface area (Å²) in [6.45, 7) is 1.92. The number of halogens is 1. The molecule has 0 saturated heterocycles. The van der Waals surface area contributed by atoms with E-state index in [1.165, 1.54) is 0 Å². The second kappa shape index (κ2) is 5.61. The molecule has 2 aromatic carbocycles. The molecule has 0 spiro atoms. The van der Waals surface area contributed by atoms with Gasteiger partial charge in [0.25, 0.3) is 0 Å². The lowest BCUT2D eigenvalue weighted by Crippen LogP contribution is -2.00. The molecule has 1 heterocycles. The maximum atomic E-state index is 6.14. The van der Waals surface area contributed by atoms with Crippen molar-refractivity contribution in [2.24, 2.45) is 5.10 Å². The van der Waals surface area contributed by atoms with Crippen molar-refractivity contribution in [1.29, 1.82) is 0 Å². The van der Waals surface area contributed by atoms with Gasteiger partial charge in [-0.05, 0) is 25.1 Å². The minimum absolute atomic E-state index is 0.694. The molecule has 3 rings (SSSR count). The van der Waals surface area contributed by atoms with E-state index in [1.54, 1.807) is 11.3 Å². The highest BCUT2D eigenvalue weighted by Gasteiger charge is 2.04. The first-order valence-corrected chi connectivity index (χ1v) is 7.34. The van der Waals surface area contributed by atoms with Gasteiger partial charge in [-0.3, -0.25) is 5.43 Å². The topological polar surface area (TPSA) is 37.3 Å². The summed E-state index contributed by atoms with van der Waals surface area (Å²) in [5.74, 6) is 0. The largest absolute Gasteiger partial charge is 0.252 e. The van der Waals surface area contributed by atoms with Crippen molar-refractivity contribution in [3.05, 3.63) is 59.1 Å². The fraction of sp³-hybridized carbons (Fsp3) is 0.0667. The Morgan fingerprint density at radius 2 is 1.90 bits per heavy atom. The average Bonchev–Trinajstić information content (AvgIpc) is 2.88. The van der Waals surface area contributed by atoms with Crippen LogP contribution in [-0.4, -0.2) is 10.7 Å². The molecular weight excluding hydrogens is 290 g/mol. The minimum atomic E-state index is 0.694. The molecule has 0 radical (unpaired) electrons. The van der Waals surface area contributed by atoms with Crippen LogP contribution in [0.25, 0.3) is 10.2 Å². The normalized spacial score (nSPS) is 11.8. The molecule has 0 atom stereocenters. The van der Waals surface area contributed by atoms with E-state index in [4.69, 9.17) is 11.6 Å². The van der Waals surface area contributed by atoms with Crippen LogP contribution in [0.2, 0.25) is 5.02 Å². The monoisotopic (exact) mass is 301 g/mol. The molecule has 1 aromatic heterocycles. The molecule has 0 bridgehead atoms. The van der Waals surface area contributed by atoms with E-state index >= 15 is 0 Å². The SMILES string of the molecule is C/C(=N/Nc1nc2ccccc2s1)c1ccccc1Cl. The molecule has 0 aliphatic heterocycles. The Hall–Kier alpha value is -1.91. The fourth-order valence-corrected chi connectivity index (χ4v) is 2.95. The quantitative estimate of drug-likeness (QED) is 0.558. The Labute approximate surface area is 125 Å². The van der Waals surface area contributed by atoms with Gasteiger partial charge in [-0.25, -0.2) is 4.98 Å². The number of hydrogen-bond acceptors (Lipinski definition) is 4. The summed E-state index contributed by atoms with van der Waals surface area (Å²) >= 11 is 7.72. The van der Waals surface area contributed by atoms with Gasteiger partial charge >= 0.3 is 0 Å². The first kappa shape index (κ1) is 13.1. The van der Waals surface area contributed by atoms with E-state index in [-0.39, 0.29) is 0 Å². The molecule has 100 valence electrons. The number of hydrazone groups is 1. The van der Waals surface area contributed by atoms with Crippen molar-refractivity contribution in [3.8, 4) is 0 Å². The number of thiazole rings is 1. The number of nitrogens with zero attached hydrogens (tertiary/aromatic N) is 2. The highest BCUT2D eigenvalue weighted by atomic mass is 35.5. The van der Waals surface area contributed by atoms with Crippen molar-refractivity contribution in [1.82, 2.24) is 4.98 Å². The van der Waals surface area contributed by atoms with Crippen molar-refractivity contribution in [2.45, 2.75) is 6.92 Å².